The Bertz CT molecular complexity index is 725. The molecule has 1 aromatic carbocycles. The maximum absolute atomic E-state index is 13.8. The Morgan fingerprint density at radius 1 is 1.42 bits per heavy atom. The number of aromatic nitrogens is 2. The molecule has 3 nitrogen and oxygen atoms in total. The molecule has 6 heteroatoms. The molecule has 3 atom stereocenters. The summed E-state index contributed by atoms with van der Waals surface area (Å²) >= 11 is 8.61. The molecule has 1 N–H and O–H groups in total. The number of ether oxygens (including phenoxy) is 1. The fourth-order valence-corrected chi connectivity index (χ4v) is 4.02. The van der Waals surface area contributed by atoms with E-state index in [1.807, 2.05) is 4.57 Å². The van der Waals surface area contributed by atoms with Crippen LogP contribution >= 0.6 is 28.1 Å². The minimum atomic E-state index is -0.265. The lowest BCUT2D eigenvalue weighted by Gasteiger charge is -2.21. The molecule has 2 aliphatic rings. The maximum Gasteiger partial charge on any atom is 0.178 e. The van der Waals surface area contributed by atoms with Gasteiger partial charge in [-0.05, 0) is 53.5 Å². The molecular weight excluding hydrogens is 331 g/mol. The minimum absolute atomic E-state index is 0.224. The molecule has 0 amide bonds. The van der Waals surface area contributed by atoms with Crippen LogP contribution in [0.3, 0.4) is 0 Å². The molecule has 2 fully saturated rings. The van der Waals surface area contributed by atoms with Crippen LogP contribution in [0.2, 0.25) is 0 Å². The molecule has 1 aromatic heterocycles. The summed E-state index contributed by atoms with van der Waals surface area (Å²) < 4.78 is 22.8. The summed E-state index contributed by atoms with van der Waals surface area (Å²) in [6.07, 6.45) is 3.76. The predicted octanol–water partition coefficient (Wildman–Crippen LogP) is 4.09. The number of benzene rings is 1. The SMILES string of the molecule is Fc1cc2c(cc1Br)[nH]c(=S)n2C1CC2CCC1O2. The van der Waals surface area contributed by atoms with E-state index in [0.717, 1.165) is 30.3 Å². The van der Waals surface area contributed by atoms with Crippen LogP contribution < -0.4 is 0 Å². The second-order valence-electron chi connectivity index (χ2n) is 5.26. The van der Waals surface area contributed by atoms with E-state index in [4.69, 9.17) is 17.0 Å². The van der Waals surface area contributed by atoms with Gasteiger partial charge < -0.3 is 14.3 Å². The first kappa shape index (κ1) is 12.1. The lowest BCUT2D eigenvalue weighted by atomic mass is 9.95. The van der Waals surface area contributed by atoms with Crippen LogP contribution in [0.5, 0.6) is 0 Å². The van der Waals surface area contributed by atoms with Crippen molar-refractivity contribution in [1.82, 2.24) is 9.55 Å². The number of hydrogen-bond acceptors (Lipinski definition) is 2. The van der Waals surface area contributed by atoms with E-state index in [0.29, 0.717) is 15.3 Å². The quantitative estimate of drug-likeness (QED) is 0.791. The minimum Gasteiger partial charge on any atom is -0.373 e. The highest BCUT2D eigenvalue weighted by atomic mass is 79.9. The number of nitrogens with one attached hydrogen (secondary N) is 1. The highest BCUT2D eigenvalue weighted by Crippen LogP contribution is 2.43. The monoisotopic (exact) mass is 342 g/mol. The molecule has 2 saturated heterocycles. The van der Waals surface area contributed by atoms with Crippen LogP contribution in [0.1, 0.15) is 25.3 Å². The van der Waals surface area contributed by atoms with Gasteiger partial charge in [-0.1, -0.05) is 0 Å². The number of fused-ring (bicyclic) bond motifs is 3. The van der Waals surface area contributed by atoms with Gasteiger partial charge in [0.25, 0.3) is 0 Å². The second-order valence-corrected chi connectivity index (χ2v) is 6.50. The van der Waals surface area contributed by atoms with Gasteiger partial charge in [0.2, 0.25) is 0 Å². The molecule has 0 radical (unpaired) electrons. The van der Waals surface area contributed by atoms with Crippen molar-refractivity contribution in [1.29, 1.82) is 0 Å². The summed E-state index contributed by atoms with van der Waals surface area (Å²) in [4.78, 5) is 3.16. The molecule has 2 bridgehead atoms. The average Bonchev–Trinajstić information content (AvgIpc) is 3.03. The number of hydrogen-bond donors (Lipinski definition) is 1. The second kappa shape index (κ2) is 4.14. The van der Waals surface area contributed by atoms with Gasteiger partial charge in [0.1, 0.15) is 5.82 Å². The van der Waals surface area contributed by atoms with Gasteiger partial charge in [-0.25, -0.2) is 4.39 Å². The zero-order chi connectivity index (χ0) is 13.1. The summed E-state index contributed by atoms with van der Waals surface area (Å²) in [5.41, 5.74) is 1.69. The topological polar surface area (TPSA) is 29.9 Å². The van der Waals surface area contributed by atoms with Crippen LogP contribution in [-0.4, -0.2) is 21.8 Å². The Kier molecular flexibility index (Phi) is 2.62. The number of imidazole rings is 1. The molecule has 4 rings (SSSR count). The third-order valence-electron chi connectivity index (χ3n) is 4.16. The Hall–Kier alpha value is -0.720. The highest BCUT2D eigenvalue weighted by Gasteiger charge is 2.42. The Labute approximate surface area is 122 Å². The largest absolute Gasteiger partial charge is 0.373 e. The summed E-state index contributed by atoms with van der Waals surface area (Å²) in [6, 6.07) is 3.52. The van der Waals surface area contributed by atoms with Crippen molar-refractivity contribution in [2.24, 2.45) is 0 Å². The van der Waals surface area contributed by atoms with E-state index < -0.39 is 0 Å². The van der Waals surface area contributed by atoms with Gasteiger partial charge in [-0.3, -0.25) is 0 Å². The van der Waals surface area contributed by atoms with Crippen LogP contribution in [0.15, 0.2) is 16.6 Å². The first-order valence-corrected chi connectivity index (χ1v) is 7.58. The first-order valence-electron chi connectivity index (χ1n) is 6.38. The van der Waals surface area contributed by atoms with Gasteiger partial charge in [0, 0.05) is 6.07 Å². The van der Waals surface area contributed by atoms with E-state index in [2.05, 4.69) is 20.9 Å². The number of aromatic amines is 1. The van der Waals surface area contributed by atoms with E-state index >= 15 is 0 Å². The Morgan fingerprint density at radius 2 is 2.26 bits per heavy atom. The summed E-state index contributed by atoms with van der Waals surface area (Å²) in [6.45, 7) is 0. The van der Waals surface area contributed by atoms with Crippen molar-refractivity contribution < 1.29 is 9.13 Å². The summed E-state index contributed by atoms with van der Waals surface area (Å²) in [5.74, 6) is -0.265. The zero-order valence-corrected chi connectivity index (χ0v) is 12.4. The van der Waals surface area contributed by atoms with E-state index in [1.54, 1.807) is 6.07 Å². The van der Waals surface area contributed by atoms with Crippen molar-refractivity contribution in [3.63, 3.8) is 0 Å². The highest BCUT2D eigenvalue weighted by molar-refractivity contribution is 9.10. The fourth-order valence-electron chi connectivity index (χ4n) is 3.33. The van der Waals surface area contributed by atoms with Gasteiger partial charge >= 0.3 is 0 Å². The van der Waals surface area contributed by atoms with Crippen LogP contribution in [0.25, 0.3) is 11.0 Å². The molecule has 3 heterocycles. The van der Waals surface area contributed by atoms with Crippen molar-refractivity contribution in [3.8, 4) is 0 Å². The van der Waals surface area contributed by atoms with E-state index in [-0.39, 0.29) is 18.0 Å². The number of rotatable bonds is 1. The third-order valence-corrected chi connectivity index (χ3v) is 5.07. The fraction of sp³-hybridized carbons (Fsp3) is 0.462. The zero-order valence-electron chi connectivity index (χ0n) is 10.0. The molecule has 0 aliphatic carbocycles. The Balaban J connectivity index is 1.92. The predicted molar refractivity (Wildman–Crippen MR) is 76.3 cm³/mol. The molecular formula is C13H12BrFN2OS. The van der Waals surface area contributed by atoms with Gasteiger partial charge in [0.05, 0.1) is 33.8 Å². The number of H-pyrrole nitrogens is 1. The van der Waals surface area contributed by atoms with Crippen LogP contribution in [0, 0.1) is 10.6 Å². The van der Waals surface area contributed by atoms with Crippen molar-refractivity contribution >= 4 is 39.2 Å². The normalized spacial score (nSPS) is 29.5. The average molecular weight is 343 g/mol. The molecule has 0 spiro atoms. The molecule has 2 aromatic rings. The third kappa shape index (κ3) is 1.73. The van der Waals surface area contributed by atoms with E-state index in [9.17, 15) is 4.39 Å². The lowest BCUT2D eigenvalue weighted by Crippen LogP contribution is -2.20. The number of halogens is 2. The molecule has 19 heavy (non-hydrogen) atoms. The molecule has 100 valence electrons. The first-order chi connectivity index (χ1) is 9.13. The summed E-state index contributed by atoms with van der Waals surface area (Å²) in [7, 11) is 0. The van der Waals surface area contributed by atoms with Crippen molar-refractivity contribution in [2.75, 3.05) is 0 Å². The van der Waals surface area contributed by atoms with Crippen molar-refractivity contribution in [3.05, 3.63) is 27.2 Å². The van der Waals surface area contributed by atoms with Crippen molar-refractivity contribution in [2.45, 2.75) is 37.5 Å². The van der Waals surface area contributed by atoms with Gasteiger partial charge in [0.15, 0.2) is 4.77 Å². The molecule has 0 saturated carbocycles. The Morgan fingerprint density at radius 3 is 2.95 bits per heavy atom. The molecule has 2 aliphatic heterocycles. The van der Waals surface area contributed by atoms with Gasteiger partial charge in [-0.15, -0.1) is 0 Å². The smallest absolute Gasteiger partial charge is 0.178 e. The van der Waals surface area contributed by atoms with Gasteiger partial charge in [-0.2, -0.15) is 0 Å². The van der Waals surface area contributed by atoms with Crippen LogP contribution in [-0.2, 0) is 4.74 Å². The lowest BCUT2D eigenvalue weighted by molar-refractivity contribution is 0.0941. The van der Waals surface area contributed by atoms with E-state index in [1.165, 1.54) is 6.07 Å². The maximum atomic E-state index is 13.8. The number of nitrogens with zero attached hydrogens (tertiary/aromatic N) is 1. The summed E-state index contributed by atoms with van der Waals surface area (Å²) in [5, 5.41) is 0. The molecule has 3 unspecified atom stereocenters. The standard InChI is InChI=1S/C13H12BrFN2OS/c14-7-4-9-10(5-8(7)15)17(13(19)16-9)11-3-6-1-2-12(11)18-6/h4-6,11-12H,1-3H2,(H,16,19). The van der Waals surface area contributed by atoms with Crippen LogP contribution in [0.4, 0.5) is 4.39 Å².